The van der Waals surface area contributed by atoms with Crippen molar-refractivity contribution in [2.45, 2.75) is 52.0 Å². The van der Waals surface area contributed by atoms with Gasteiger partial charge in [-0.2, -0.15) is 0 Å². The van der Waals surface area contributed by atoms with E-state index in [4.69, 9.17) is 0 Å². The van der Waals surface area contributed by atoms with Crippen molar-refractivity contribution in [1.29, 1.82) is 0 Å². The van der Waals surface area contributed by atoms with Crippen LogP contribution in [0.25, 0.3) is 0 Å². The lowest BCUT2D eigenvalue weighted by atomic mass is 9.85. The van der Waals surface area contributed by atoms with E-state index in [0.29, 0.717) is 0 Å². The number of aliphatic hydroxyl groups is 1. The zero-order valence-corrected chi connectivity index (χ0v) is 11.5. The van der Waals surface area contributed by atoms with Crippen LogP contribution in [0.15, 0.2) is 23.8 Å². The third-order valence-electron chi connectivity index (χ3n) is 3.70. The van der Waals surface area contributed by atoms with Gasteiger partial charge in [-0.15, -0.1) is 0 Å². The van der Waals surface area contributed by atoms with Gasteiger partial charge in [0, 0.05) is 24.6 Å². The summed E-state index contributed by atoms with van der Waals surface area (Å²) in [5, 5.41) is 12.3. The Labute approximate surface area is 110 Å². The van der Waals surface area contributed by atoms with Gasteiger partial charge in [-0.1, -0.05) is 37.5 Å². The molecule has 0 saturated heterocycles. The van der Waals surface area contributed by atoms with Crippen molar-refractivity contribution >= 4 is 5.91 Å². The van der Waals surface area contributed by atoms with Gasteiger partial charge in [0.05, 0.1) is 0 Å². The third kappa shape index (κ3) is 4.65. The van der Waals surface area contributed by atoms with Crippen molar-refractivity contribution < 1.29 is 9.90 Å². The first-order chi connectivity index (χ1) is 8.71. The standard InChI is InChI=1S/C15H25NO2/c1-3-12(4-2)9-10-15(18)16-14-8-6-5-7-13(14)11-17/h3,9-10,13-14,17H,4-8,11H2,1-2H3,(H,16,18). The smallest absolute Gasteiger partial charge is 0.244 e. The average molecular weight is 251 g/mol. The first-order valence-corrected chi connectivity index (χ1v) is 6.95. The Balaban J connectivity index is 2.48. The molecule has 0 spiro atoms. The number of amides is 1. The van der Waals surface area contributed by atoms with Crippen LogP contribution in [0.3, 0.4) is 0 Å². The number of carbonyl (C=O) groups excluding carboxylic acids is 1. The van der Waals surface area contributed by atoms with Crippen LogP contribution in [0.1, 0.15) is 46.0 Å². The molecule has 1 amide bonds. The lowest BCUT2D eigenvalue weighted by Crippen LogP contribution is -2.42. The molecule has 102 valence electrons. The highest BCUT2D eigenvalue weighted by atomic mass is 16.3. The van der Waals surface area contributed by atoms with E-state index in [1.165, 1.54) is 0 Å². The minimum Gasteiger partial charge on any atom is -0.396 e. The zero-order valence-electron chi connectivity index (χ0n) is 11.5. The van der Waals surface area contributed by atoms with E-state index < -0.39 is 0 Å². The van der Waals surface area contributed by atoms with Gasteiger partial charge < -0.3 is 10.4 Å². The molecule has 0 bridgehead atoms. The Bertz CT molecular complexity index is 320. The van der Waals surface area contributed by atoms with Crippen LogP contribution in [0, 0.1) is 5.92 Å². The minimum absolute atomic E-state index is 0.0480. The van der Waals surface area contributed by atoms with Gasteiger partial charge in [0.15, 0.2) is 0 Å². The number of nitrogens with one attached hydrogen (secondary N) is 1. The maximum atomic E-state index is 11.8. The lowest BCUT2D eigenvalue weighted by molar-refractivity contribution is -0.117. The van der Waals surface area contributed by atoms with Gasteiger partial charge in [0.2, 0.25) is 5.91 Å². The van der Waals surface area contributed by atoms with Crippen molar-refractivity contribution in [1.82, 2.24) is 5.32 Å². The monoisotopic (exact) mass is 251 g/mol. The molecule has 18 heavy (non-hydrogen) atoms. The van der Waals surface area contributed by atoms with Crippen LogP contribution in [0.5, 0.6) is 0 Å². The molecule has 0 aromatic heterocycles. The molecule has 1 saturated carbocycles. The summed E-state index contributed by atoms with van der Waals surface area (Å²) in [4.78, 5) is 11.8. The van der Waals surface area contributed by atoms with E-state index >= 15 is 0 Å². The molecule has 0 aromatic carbocycles. The maximum Gasteiger partial charge on any atom is 0.244 e. The largest absolute Gasteiger partial charge is 0.396 e. The van der Waals surface area contributed by atoms with Crippen LogP contribution in [0.2, 0.25) is 0 Å². The molecule has 3 nitrogen and oxygen atoms in total. The summed E-state index contributed by atoms with van der Waals surface area (Å²) in [6.45, 7) is 4.22. The lowest BCUT2D eigenvalue weighted by Gasteiger charge is -2.30. The first kappa shape index (κ1) is 15.0. The predicted molar refractivity (Wildman–Crippen MR) is 74.2 cm³/mol. The van der Waals surface area contributed by atoms with Crippen molar-refractivity contribution in [2.24, 2.45) is 5.92 Å². The highest BCUT2D eigenvalue weighted by molar-refractivity contribution is 5.88. The van der Waals surface area contributed by atoms with Crippen molar-refractivity contribution in [2.75, 3.05) is 6.61 Å². The van der Waals surface area contributed by atoms with Gasteiger partial charge in [-0.05, 0) is 26.2 Å². The summed E-state index contributed by atoms with van der Waals surface area (Å²) < 4.78 is 0. The molecule has 0 radical (unpaired) electrons. The molecule has 3 heteroatoms. The molecule has 0 heterocycles. The van der Waals surface area contributed by atoms with Crippen molar-refractivity contribution in [3.05, 3.63) is 23.8 Å². The van der Waals surface area contributed by atoms with E-state index in [1.54, 1.807) is 6.08 Å². The molecular formula is C15H25NO2. The highest BCUT2D eigenvalue weighted by Gasteiger charge is 2.25. The minimum atomic E-state index is -0.0480. The Hall–Kier alpha value is -1.09. The molecule has 2 atom stereocenters. The molecule has 1 rings (SSSR count). The summed E-state index contributed by atoms with van der Waals surface area (Å²) in [7, 11) is 0. The number of hydrogen-bond donors (Lipinski definition) is 2. The first-order valence-electron chi connectivity index (χ1n) is 6.95. The Morgan fingerprint density at radius 3 is 2.67 bits per heavy atom. The number of carbonyl (C=O) groups is 1. The van der Waals surface area contributed by atoms with Gasteiger partial charge >= 0.3 is 0 Å². The highest BCUT2D eigenvalue weighted by Crippen LogP contribution is 2.23. The number of allylic oxidation sites excluding steroid dienone is 3. The number of hydrogen-bond acceptors (Lipinski definition) is 2. The SMILES string of the molecule is CC=C(C=CC(=O)NC1CCCCC1CO)CC. The van der Waals surface area contributed by atoms with E-state index in [-0.39, 0.29) is 24.5 Å². The van der Waals surface area contributed by atoms with Crippen LogP contribution >= 0.6 is 0 Å². The third-order valence-corrected chi connectivity index (χ3v) is 3.70. The number of aliphatic hydroxyl groups excluding tert-OH is 1. The molecule has 0 aromatic rings. The van der Waals surface area contributed by atoms with Gasteiger partial charge in [-0.25, -0.2) is 0 Å². The Morgan fingerprint density at radius 2 is 2.06 bits per heavy atom. The van der Waals surface area contributed by atoms with E-state index in [9.17, 15) is 9.90 Å². The average Bonchev–Trinajstić information content (AvgIpc) is 2.40. The van der Waals surface area contributed by atoms with E-state index in [0.717, 1.165) is 37.7 Å². The topological polar surface area (TPSA) is 49.3 Å². The molecule has 2 N–H and O–H groups in total. The Kier molecular flexibility index (Phi) is 6.73. The quantitative estimate of drug-likeness (QED) is 0.583. The molecule has 2 unspecified atom stereocenters. The summed E-state index contributed by atoms with van der Waals surface area (Å²) in [5.74, 6) is 0.177. The van der Waals surface area contributed by atoms with Crippen molar-refractivity contribution in [3.8, 4) is 0 Å². The van der Waals surface area contributed by atoms with Crippen LogP contribution < -0.4 is 5.32 Å². The normalized spacial score (nSPS) is 25.4. The van der Waals surface area contributed by atoms with Gasteiger partial charge in [-0.3, -0.25) is 4.79 Å². The van der Waals surface area contributed by atoms with E-state index in [1.807, 2.05) is 19.1 Å². The molecule has 1 aliphatic rings. The number of rotatable bonds is 5. The maximum absolute atomic E-state index is 11.8. The summed E-state index contributed by atoms with van der Waals surface area (Å²) in [5.41, 5.74) is 1.16. The molecule has 1 fully saturated rings. The zero-order chi connectivity index (χ0) is 13.4. The van der Waals surface area contributed by atoms with Gasteiger partial charge in [0.25, 0.3) is 0 Å². The fourth-order valence-corrected chi connectivity index (χ4v) is 2.45. The molecule has 0 aliphatic heterocycles. The molecule has 1 aliphatic carbocycles. The Morgan fingerprint density at radius 1 is 1.33 bits per heavy atom. The summed E-state index contributed by atoms with van der Waals surface area (Å²) >= 11 is 0. The van der Waals surface area contributed by atoms with E-state index in [2.05, 4.69) is 12.2 Å². The fourth-order valence-electron chi connectivity index (χ4n) is 2.45. The van der Waals surface area contributed by atoms with Crippen LogP contribution in [-0.4, -0.2) is 23.7 Å². The van der Waals surface area contributed by atoms with Crippen molar-refractivity contribution in [3.63, 3.8) is 0 Å². The summed E-state index contributed by atoms with van der Waals surface area (Å²) in [6.07, 6.45) is 10.7. The van der Waals surface area contributed by atoms with Crippen LogP contribution in [0.4, 0.5) is 0 Å². The predicted octanol–water partition coefficient (Wildman–Crippen LogP) is 2.57. The fraction of sp³-hybridized carbons (Fsp3) is 0.667. The van der Waals surface area contributed by atoms with Gasteiger partial charge in [0.1, 0.15) is 0 Å². The molecular weight excluding hydrogens is 226 g/mol. The second-order valence-corrected chi connectivity index (χ2v) is 4.89. The second-order valence-electron chi connectivity index (χ2n) is 4.89. The van der Waals surface area contributed by atoms with Crippen LogP contribution in [-0.2, 0) is 4.79 Å². The summed E-state index contributed by atoms with van der Waals surface area (Å²) in [6, 6.07) is 0.136. The second kappa shape index (κ2) is 8.09.